The average molecular weight is 335 g/mol. The zero-order valence-electron chi connectivity index (χ0n) is 16.3. The van der Waals surface area contributed by atoms with Crippen molar-refractivity contribution in [1.82, 2.24) is 0 Å². The van der Waals surface area contributed by atoms with Crippen molar-refractivity contribution in [1.29, 1.82) is 0 Å². The van der Waals surface area contributed by atoms with E-state index in [9.17, 15) is 4.79 Å². The fourth-order valence-corrected chi connectivity index (χ4v) is 2.98. The third kappa shape index (κ3) is 5.52. The van der Waals surface area contributed by atoms with Crippen LogP contribution in [0.15, 0.2) is 12.1 Å². The molecule has 4 nitrogen and oxygen atoms in total. The van der Waals surface area contributed by atoms with Crippen molar-refractivity contribution >= 4 is 11.6 Å². The SMILES string of the molecule is CCCO[C@](C)(CC(C)C)C(=O)Nc1cc(C)c(OCC)c(C)c1. The quantitative estimate of drug-likeness (QED) is 0.700. The van der Waals surface area contributed by atoms with Crippen LogP contribution in [0.3, 0.4) is 0 Å². The second kappa shape index (κ2) is 9.07. The Hall–Kier alpha value is -1.55. The van der Waals surface area contributed by atoms with Crippen LogP contribution in [0.25, 0.3) is 0 Å². The summed E-state index contributed by atoms with van der Waals surface area (Å²) in [5, 5.41) is 3.03. The summed E-state index contributed by atoms with van der Waals surface area (Å²) >= 11 is 0. The number of nitrogens with one attached hydrogen (secondary N) is 1. The van der Waals surface area contributed by atoms with E-state index in [1.165, 1.54) is 0 Å². The molecule has 0 saturated heterocycles. The number of benzene rings is 1. The third-order valence-electron chi connectivity index (χ3n) is 3.91. The van der Waals surface area contributed by atoms with Gasteiger partial charge in [-0.2, -0.15) is 0 Å². The first-order valence-electron chi connectivity index (χ1n) is 8.93. The third-order valence-corrected chi connectivity index (χ3v) is 3.91. The lowest BCUT2D eigenvalue weighted by Crippen LogP contribution is -2.44. The minimum atomic E-state index is -0.815. The van der Waals surface area contributed by atoms with E-state index in [4.69, 9.17) is 9.47 Å². The summed E-state index contributed by atoms with van der Waals surface area (Å²) in [6.07, 6.45) is 1.58. The van der Waals surface area contributed by atoms with Crippen LogP contribution >= 0.6 is 0 Å². The molecule has 0 aliphatic rings. The van der Waals surface area contributed by atoms with Gasteiger partial charge in [0.1, 0.15) is 11.4 Å². The molecule has 0 spiro atoms. The predicted octanol–water partition coefficient (Wildman–Crippen LogP) is 4.87. The molecule has 0 radical (unpaired) electrons. The number of carbonyl (C=O) groups excluding carboxylic acids is 1. The number of carbonyl (C=O) groups is 1. The molecule has 4 heteroatoms. The maximum Gasteiger partial charge on any atom is 0.256 e. The molecule has 0 bridgehead atoms. The molecular weight excluding hydrogens is 302 g/mol. The minimum Gasteiger partial charge on any atom is -0.493 e. The predicted molar refractivity (Wildman–Crippen MR) is 99.8 cm³/mol. The molecular formula is C20H33NO3. The number of rotatable bonds is 9. The lowest BCUT2D eigenvalue weighted by atomic mass is 9.92. The minimum absolute atomic E-state index is 0.0902. The van der Waals surface area contributed by atoms with Crippen LogP contribution in [0, 0.1) is 19.8 Å². The van der Waals surface area contributed by atoms with E-state index >= 15 is 0 Å². The summed E-state index contributed by atoms with van der Waals surface area (Å²) < 4.78 is 11.6. The number of ether oxygens (including phenoxy) is 2. The highest BCUT2D eigenvalue weighted by atomic mass is 16.5. The van der Waals surface area contributed by atoms with Crippen LogP contribution in [0.4, 0.5) is 5.69 Å². The zero-order valence-corrected chi connectivity index (χ0v) is 16.3. The van der Waals surface area contributed by atoms with Crippen molar-refractivity contribution in [2.24, 2.45) is 5.92 Å². The highest BCUT2D eigenvalue weighted by Gasteiger charge is 2.35. The van der Waals surface area contributed by atoms with Crippen LogP contribution in [-0.2, 0) is 9.53 Å². The summed E-state index contributed by atoms with van der Waals surface area (Å²) in [5.41, 5.74) is 2.01. The first kappa shape index (κ1) is 20.5. The van der Waals surface area contributed by atoms with Crippen molar-refractivity contribution in [3.63, 3.8) is 0 Å². The van der Waals surface area contributed by atoms with Gasteiger partial charge in [-0.25, -0.2) is 0 Å². The van der Waals surface area contributed by atoms with Crippen molar-refractivity contribution in [2.45, 2.75) is 66.9 Å². The Morgan fingerprint density at radius 3 is 2.25 bits per heavy atom. The number of hydrogen-bond acceptors (Lipinski definition) is 3. The van der Waals surface area contributed by atoms with Crippen molar-refractivity contribution in [2.75, 3.05) is 18.5 Å². The molecule has 1 rings (SSSR count). The first-order chi connectivity index (χ1) is 11.2. The van der Waals surface area contributed by atoms with Gasteiger partial charge in [0.15, 0.2) is 0 Å². The van der Waals surface area contributed by atoms with Gasteiger partial charge in [-0.15, -0.1) is 0 Å². The second-order valence-electron chi connectivity index (χ2n) is 7.00. The molecule has 0 aliphatic heterocycles. The highest BCUT2D eigenvalue weighted by Crippen LogP contribution is 2.29. The summed E-state index contributed by atoms with van der Waals surface area (Å²) in [5.74, 6) is 1.18. The fraction of sp³-hybridized carbons (Fsp3) is 0.650. The fourth-order valence-electron chi connectivity index (χ4n) is 2.98. The lowest BCUT2D eigenvalue weighted by Gasteiger charge is -2.30. The van der Waals surface area contributed by atoms with Gasteiger partial charge in [0, 0.05) is 12.3 Å². The summed E-state index contributed by atoms with van der Waals surface area (Å²) in [6.45, 7) is 15.3. The molecule has 0 unspecified atom stereocenters. The number of aryl methyl sites for hydroxylation is 2. The first-order valence-corrected chi connectivity index (χ1v) is 8.93. The summed E-state index contributed by atoms with van der Waals surface area (Å²) in [7, 11) is 0. The second-order valence-corrected chi connectivity index (χ2v) is 7.00. The van der Waals surface area contributed by atoms with E-state index in [-0.39, 0.29) is 5.91 Å². The van der Waals surface area contributed by atoms with Gasteiger partial charge in [0.25, 0.3) is 5.91 Å². The lowest BCUT2D eigenvalue weighted by molar-refractivity contribution is -0.141. The number of amides is 1. The zero-order chi connectivity index (χ0) is 18.3. The van der Waals surface area contributed by atoms with Gasteiger partial charge in [-0.1, -0.05) is 20.8 Å². The Labute approximate surface area is 146 Å². The van der Waals surface area contributed by atoms with E-state index < -0.39 is 5.60 Å². The topological polar surface area (TPSA) is 47.6 Å². The molecule has 1 amide bonds. The smallest absolute Gasteiger partial charge is 0.256 e. The molecule has 1 aromatic rings. The largest absolute Gasteiger partial charge is 0.493 e. The van der Waals surface area contributed by atoms with Gasteiger partial charge in [-0.05, 0) is 69.7 Å². The molecule has 136 valence electrons. The van der Waals surface area contributed by atoms with E-state index in [0.29, 0.717) is 25.6 Å². The highest BCUT2D eigenvalue weighted by molar-refractivity contribution is 5.97. The molecule has 0 aliphatic carbocycles. The van der Waals surface area contributed by atoms with Crippen LogP contribution in [0.5, 0.6) is 5.75 Å². The van der Waals surface area contributed by atoms with E-state index in [1.54, 1.807) is 0 Å². The van der Waals surface area contributed by atoms with Crippen LogP contribution in [0.2, 0.25) is 0 Å². The molecule has 0 saturated carbocycles. The summed E-state index contributed by atoms with van der Waals surface area (Å²) in [4.78, 5) is 12.8. The van der Waals surface area contributed by atoms with Crippen molar-refractivity contribution in [3.05, 3.63) is 23.3 Å². The Bertz CT molecular complexity index is 531. The standard InChI is InChI=1S/C20H33NO3/c1-8-10-24-20(7,13-14(3)4)19(22)21-17-11-15(5)18(23-9-2)16(6)12-17/h11-12,14H,8-10,13H2,1-7H3,(H,21,22)/t20-/m1/s1. The summed E-state index contributed by atoms with van der Waals surface area (Å²) in [6, 6.07) is 3.90. The Balaban J connectivity index is 2.98. The molecule has 0 heterocycles. The molecule has 1 N–H and O–H groups in total. The Kier molecular flexibility index (Phi) is 7.74. The maximum absolute atomic E-state index is 12.8. The van der Waals surface area contributed by atoms with Gasteiger partial charge in [0.05, 0.1) is 6.61 Å². The Morgan fingerprint density at radius 2 is 1.79 bits per heavy atom. The van der Waals surface area contributed by atoms with Gasteiger partial charge >= 0.3 is 0 Å². The van der Waals surface area contributed by atoms with Crippen LogP contribution in [-0.4, -0.2) is 24.7 Å². The van der Waals surface area contributed by atoms with Crippen LogP contribution < -0.4 is 10.1 Å². The number of anilines is 1. The van der Waals surface area contributed by atoms with Crippen molar-refractivity contribution in [3.8, 4) is 5.75 Å². The molecule has 0 aromatic heterocycles. The van der Waals surface area contributed by atoms with Gasteiger partial charge in [-0.3, -0.25) is 4.79 Å². The maximum atomic E-state index is 12.8. The monoisotopic (exact) mass is 335 g/mol. The molecule has 0 fully saturated rings. The molecule has 24 heavy (non-hydrogen) atoms. The van der Waals surface area contributed by atoms with Gasteiger partial charge in [0.2, 0.25) is 0 Å². The van der Waals surface area contributed by atoms with Gasteiger partial charge < -0.3 is 14.8 Å². The number of hydrogen-bond donors (Lipinski definition) is 1. The van der Waals surface area contributed by atoms with E-state index in [0.717, 1.165) is 29.0 Å². The Morgan fingerprint density at radius 1 is 1.21 bits per heavy atom. The van der Waals surface area contributed by atoms with Crippen LogP contribution in [0.1, 0.15) is 58.6 Å². The molecule has 1 aromatic carbocycles. The van der Waals surface area contributed by atoms with Crippen molar-refractivity contribution < 1.29 is 14.3 Å². The van der Waals surface area contributed by atoms with E-state index in [2.05, 4.69) is 19.2 Å². The normalized spacial score (nSPS) is 13.7. The van der Waals surface area contributed by atoms with E-state index in [1.807, 2.05) is 46.8 Å². The molecule has 1 atom stereocenters. The average Bonchev–Trinajstić information content (AvgIpc) is 2.48.